The highest BCUT2D eigenvalue weighted by Gasteiger charge is 2.23. The molecule has 7 nitrogen and oxygen atoms in total. The summed E-state index contributed by atoms with van der Waals surface area (Å²) in [6.45, 7) is 5.14. The van der Waals surface area contributed by atoms with Crippen LogP contribution >= 0.6 is 23.7 Å². The number of likely N-dealkylation sites (N-methyl/N-ethyl adjacent to an activating group) is 1. The summed E-state index contributed by atoms with van der Waals surface area (Å²) in [5, 5.41) is 0.664. The van der Waals surface area contributed by atoms with E-state index >= 15 is 0 Å². The van der Waals surface area contributed by atoms with Crippen LogP contribution in [0, 0.1) is 0 Å². The molecule has 0 atom stereocenters. The van der Waals surface area contributed by atoms with Crippen LogP contribution in [0.4, 0.5) is 5.13 Å². The molecule has 0 spiro atoms. The van der Waals surface area contributed by atoms with Crippen LogP contribution in [0.15, 0.2) is 36.4 Å². The third kappa shape index (κ3) is 6.07. The Labute approximate surface area is 204 Å². The Bertz CT molecular complexity index is 1030. The monoisotopic (exact) mass is 491 g/mol. The molecule has 33 heavy (non-hydrogen) atoms. The topological polar surface area (TPSA) is 64.1 Å². The van der Waals surface area contributed by atoms with E-state index in [4.69, 9.17) is 19.2 Å². The van der Waals surface area contributed by atoms with Gasteiger partial charge in [-0.05, 0) is 44.8 Å². The van der Waals surface area contributed by atoms with E-state index in [9.17, 15) is 4.79 Å². The number of anilines is 1. The third-order valence-electron chi connectivity index (χ3n) is 5.16. The fourth-order valence-electron chi connectivity index (χ4n) is 3.34. The summed E-state index contributed by atoms with van der Waals surface area (Å²) in [4.78, 5) is 22.0. The number of carbonyl (C=O) groups excluding carboxylic acids is 1. The van der Waals surface area contributed by atoms with Crippen LogP contribution in [-0.2, 0) is 0 Å². The predicted octanol–water partition coefficient (Wildman–Crippen LogP) is 4.88. The van der Waals surface area contributed by atoms with Gasteiger partial charge in [0.1, 0.15) is 19.0 Å². The van der Waals surface area contributed by atoms with Crippen molar-refractivity contribution in [1.29, 1.82) is 0 Å². The van der Waals surface area contributed by atoms with Gasteiger partial charge in [-0.25, -0.2) is 4.98 Å². The lowest BCUT2D eigenvalue weighted by Crippen LogP contribution is -2.36. The molecule has 1 amide bonds. The van der Waals surface area contributed by atoms with Gasteiger partial charge in [0.15, 0.2) is 16.6 Å². The Kier molecular flexibility index (Phi) is 8.77. The van der Waals surface area contributed by atoms with Gasteiger partial charge >= 0.3 is 0 Å². The van der Waals surface area contributed by atoms with E-state index in [2.05, 4.69) is 11.8 Å². The molecule has 1 aliphatic heterocycles. The fraction of sp³-hybridized carbons (Fsp3) is 0.417. The van der Waals surface area contributed by atoms with Crippen LogP contribution in [-0.4, -0.2) is 62.8 Å². The van der Waals surface area contributed by atoms with Crippen LogP contribution in [0.5, 0.6) is 17.2 Å². The minimum absolute atomic E-state index is 0. The van der Waals surface area contributed by atoms with Gasteiger partial charge in [0.2, 0.25) is 0 Å². The second kappa shape index (κ2) is 11.5. The Balaban J connectivity index is 0.00000306. The first-order valence-corrected chi connectivity index (χ1v) is 11.8. The summed E-state index contributed by atoms with van der Waals surface area (Å²) >= 11 is 1.48. The fourth-order valence-corrected chi connectivity index (χ4v) is 4.34. The van der Waals surface area contributed by atoms with E-state index in [1.54, 1.807) is 4.90 Å². The molecule has 0 fully saturated rings. The quantitative estimate of drug-likeness (QED) is 0.398. The van der Waals surface area contributed by atoms with Gasteiger partial charge in [0, 0.05) is 30.8 Å². The maximum Gasteiger partial charge on any atom is 0.260 e. The van der Waals surface area contributed by atoms with E-state index in [0.717, 1.165) is 41.1 Å². The average Bonchev–Trinajstić information content (AvgIpc) is 3.20. The van der Waals surface area contributed by atoms with Gasteiger partial charge < -0.3 is 19.1 Å². The lowest BCUT2D eigenvalue weighted by atomic mass is 10.2. The Morgan fingerprint density at radius 3 is 2.45 bits per heavy atom. The molecule has 2 heterocycles. The summed E-state index contributed by atoms with van der Waals surface area (Å²) < 4.78 is 18.1. The summed E-state index contributed by atoms with van der Waals surface area (Å²) in [5.74, 6) is 2.12. The SMILES string of the molecule is CCCCOc1ccc(C(=O)N(CCN(C)C)c2nc3cc4c(cc3s2)OCCO4)cc1.Cl. The number of carbonyl (C=O) groups is 1. The number of ether oxygens (including phenoxy) is 3. The number of amides is 1. The molecule has 3 aromatic rings. The second-order valence-corrected chi connectivity index (χ2v) is 8.96. The van der Waals surface area contributed by atoms with Crippen LogP contribution in [0.25, 0.3) is 10.2 Å². The zero-order valence-corrected chi connectivity index (χ0v) is 20.8. The number of halogens is 1. The maximum absolute atomic E-state index is 13.4. The van der Waals surface area contributed by atoms with Gasteiger partial charge in [0.05, 0.1) is 16.8 Å². The molecule has 0 bridgehead atoms. The molecule has 178 valence electrons. The molecular formula is C24H30ClN3O4S. The van der Waals surface area contributed by atoms with Crippen LogP contribution in [0.3, 0.4) is 0 Å². The molecule has 0 aliphatic carbocycles. The van der Waals surface area contributed by atoms with Crippen molar-refractivity contribution >= 4 is 45.0 Å². The van der Waals surface area contributed by atoms with Crippen molar-refractivity contribution in [2.45, 2.75) is 19.8 Å². The third-order valence-corrected chi connectivity index (χ3v) is 6.20. The van der Waals surface area contributed by atoms with E-state index < -0.39 is 0 Å². The van der Waals surface area contributed by atoms with Crippen molar-refractivity contribution in [1.82, 2.24) is 9.88 Å². The number of hydrogen-bond donors (Lipinski definition) is 0. The van der Waals surface area contributed by atoms with Crippen molar-refractivity contribution < 1.29 is 19.0 Å². The standard InChI is InChI=1S/C24H29N3O4S.ClH/c1-4-5-12-29-18-8-6-17(7-9-18)23(28)27(11-10-26(2)3)24-25-19-15-20-21(16-22(19)32-24)31-14-13-30-20;/h6-9,15-16H,4-5,10-14H2,1-3H3;1H. The normalized spacial score (nSPS) is 12.5. The van der Waals surface area contributed by atoms with E-state index in [1.807, 2.05) is 50.5 Å². The number of unbranched alkanes of at least 4 members (excludes halogenated alkanes) is 1. The van der Waals surface area contributed by atoms with Gasteiger partial charge in [-0.15, -0.1) is 12.4 Å². The van der Waals surface area contributed by atoms with Crippen LogP contribution in [0.1, 0.15) is 30.1 Å². The first-order valence-electron chi connectivity index (χ1n) is 10.9. The van der Waals surface area contributed by atoms with Crippen molar-refractivity contribution in [3.8, 4) is 17.2 Å². The zero-order valence-electron chi connectivity index (χ0n) is 19.2. The number of aromatic nitrogens is 1. The number of nitrogens with zero attached hydrogens (tertiary/aromatic N) is 3. The Morgan fingerprint density at radius 2 is 1.79 bits per heavy atom. The molecule has 0 unspecified atom stereocenters. The highest BCUT2D eigenvalue weighted by molar-refractivity contribution is 7.22. The van der Waals surface area contributed by atoms with Crippen LogP contribution < -0.4 is 19.1 Å². The molecule has 0 radical (unpaired) electrons. The summed E-state index contributed by atoms with van der Waals surface area (Å²) in [6.07, 6.45) is 2.09. The van der Waals surface area contributed by atoms with Gasteiger partial charge in [-0.1, -0.05) is 24.7 Å². The second-order valence-electron chi connectivity index (χ2n) is 7.95. The van der Waals surface area contributed by atoms with Gasteiger partial charge in [-0.3, -0.25) is 9.69 Å². The molecule has 9 heteroatoms. The Hall–Kier alpha value is -2.55. The summed E-state index contributed by atoms with van der Waals surface area (Å²) in [7, 11) is 3.98. The molecule has 4 rings (SSSR count). The minimum Gasteiger partial charge on any atom is -0.494 e. The van der Waals surface area contributed by atoms with Crippen molar-refractivity contribution in [2.75, 3.05) is 51.9 Å². The number of thiazole rings is 1. The Morgan fingerprint density at radius 1 is 1.09 bits per heavy atom. The highest BCUT2D eigenvalue weighted by Crippen LogP contribution is 2.39. The van der Waals surface area contributed by atoms with E-state index in [1.165, 1.54) is 11.3 Å². The summed E-state index contributed by atoms with van der Waals surface area (Å²) in [5.41, 5.74) is 1.41. The van der Waals surface area contributed by atoms with Crippen molar-refractivity contribution in [3.63, 3.8) is 0 Å². The first-order chi connectivity index (χ1) is 15.5. The first kappa shape index (κ1) is 25.1. The maximum atomic E-state index is 13.4. The van der Waals surface area contributed by atoms with Crippen molar-refractivity contribution in [3.05, 3.63) is 42.0 Å². The molecular weight excluding hydrogens is 462 g/mol. The van der Waals surface area contributed by atoms with Crippen molar-refractivity contribution in [2.24, 2.45) is 0 Å². The van der Waals surface area contributed by atoms with E-state index in [0.29, 0.717) is 42.8 Å². The molecule has 0 saturated carbocycles. The number of benzene rings is 2. The summed E-state index contributed by atoms with van der Waals surface area (Å²) in [6, 6.07) is 11.2. The molecule has 2 aromatic carbocycles. The molecule has 1 aromatic heterocycles. The van der Waals surface area contributed by atoms with Crippen LogP contribution in [0.2, 0.25) is 0 Å². The van der Waals surface area contributed by atoms with Gasteiger partial charge in [-0.2, -0.15) is 0 Å². The smallest absolute Gasteiger partial charge is 0.260 e. The average molecular weight is 492 g/mol. The lowest BCUT2D eigenvalue weighted by molar-refractivity contribution is 0.0985. The molecule has 0 N–H and O–H groups in total. The number of rotatable bonds is 9. The molecule has 0 saturated heterocycles. The van der Waals surface area contributed by atoms with E-state index in [-0.39, 0.29) is 18.3 Å². The zero-order chi connectivity index (χ0) is 22.5. The molecule has 1 aliphatic rings. The number of fused-ring (bicyclic) bond motifs is 2. The largest absolute Gasteiger partial charge is 0.494 e. The highest BCUT2D eigenvalue weighted by atomic mass is 35.5. The lowest BCUT2D eigenvalue weighted by Gasteiger charge is -2.22. The number of hydrogen-bond acceptors (Lipinski definition) is 7. The van der Waals surface area contributed by atoms with Gasteiger partial charge in [0.25, 0.3) is 5.91 Å². The predicted molar refractivity (Wildman–Crippen MR) is 135 cm³/mol. The minimum atomic E-state index is -0.0803.